The summed E-state index contributed by atoms with van der Waals surface area (Å²) in [6, 6.07) is 69.1. The summed E-state index contributed by atoms with van der Waals surface area (Å²) >= 11 is 0. The van der Waals surface area contributed by atoms with Crippen LogP contribution in [0, 0.1) is 0 Å². The number of aromatic nitrogens is 1. The zero-order chi connectivity index (χ0) is 40.0. The lowest BCUT2D eigenvalue weighted by atomic mass is 9.82. The number of nitrogens with zero attached hydrogens (tertiary/aromatic N) is 2. The van der Waals surface area contributed by atoms with Gasteiger partial charge in [-0.05, 0) is 111 Å². The molecule has 0 radical (unpaired) electrons. The molecule has 0 bridgehead atoms. The molecule has 2 heterocycles. The van der Waals surface area contributed by atoms with E-state index in [0.717, 1.165) is 77.6 Å². The summed E-state index contributed by atoms with van der Waals surface area (Å²) < 4.78 is 13.1. The zero-order valence-electron chi connectivity index (χ0n) is 33.2. The first-order chi connectivity index (χ1) is 29.5. The summed E-state index contributed by atoms with van der Waals surface area (Å²) in [5.41, 5.74) is 17.2. The number of hydrogen-bond acceptors (Lipinski definition) is 4. The summed E-state index contributed by atoms with van der Waals surface area (Å²) in [5.74, 6) is 0.619. The Kier molecular flexibility index (Phi) is 7.54. The van der Waals surface area contributed by atoms with Gasteiger partial charge in [0.05, 0.1) is 5.69 Å². The molecule has 12 rings (SSSR count). The number of anilines is 3. The van der Waals surface area contributed by atoms with Gasteiger partial charge in [-0.25, -0.2) is 4.98 Å². The quantitative estimate of drug-likeness (QED) is 0.169. The van der Waals surface area contributed by atoms with Crippen LogP contribution in [0.3, 0.4) is 0 Å². The van der Waals surface area contributed by atoms with E-state index < -0.39 is 0 Å². The highest BCUT2D eigenvalue weighted by Crippen LogP contribution is 2.52. The van der Waals surface area contributed by atoms with E-state index in [-0.39, 0.29) is 5.41 Å². The Morgan fingerprint density at radius 3 is 1.83 bits per heavy atom. The number of hydrogen-bond donors (Lipinski definition) is 0. The molecule has 0 aliphatic heterocycles. The molecular formula is C56H38N2O2. The maximum Gasteiger partial charge on any atom is 0.227 e. The second-order valence-electron chi connectivity index (χ2n) is 16.3. The highest BCUT2D eigenvalue weighted by Gasteiger charge is 2.36. The monoisotopic (exact) mass is 770 g/mol. The third-order valence-corrected chi connectivity index (χ3v) is 12.5. The molecular weight excluding hydrogens is 733 g/mol. The molecule has 60 heavy (non-hydrogen) atoms. The van der Waals surface area contributed by atoms with Gasteiger partial charge < -0.3 is 13.7 Å². The Balaban J connectivity index is 1.02. The van der Waals surface area contributed by atoms with E-state index in [1.165, 1.54) is 33.4 Å². The average molecular weight is 771 g/mol. The zero-order valence-corrected chi connectivity index (χ0v) is 33.2. The van der Waals surface area contributed by atoms with Crippen LogP contribution in [0.5, 0.6) is 0 Å². The van der Waals surface area contributed by atoms with Crippen LogP contribution >= 0.6 is 0 Å². The molecule has 0 unspecified atom stereocenters. The third kappa shape index (κ3) is 5.34. The molecule has 0 amide bonds. The summed E-state index contributed by atoms with van der Waals surface area (Å²) in [5, 5.41) is 4.32. The Morgan fingerprint density at radius 1 is 0.417 bits per heavy atom. The number of oxazole rings is 1. The Morgan fingerprint density at radius 2 is 1.03 bits per heavy atom. The summed E-state index contributed by atoms with van der Waals surface area (Å²) in [6.07, 6.45) is 0. The van der Waals surface area contributed by atoms with E-state index in [2.05, 4.69) is 176 Å². The molecule has 0 atom stereocenters. The molecule has 2 aromatic heterocycles. The lowest BCUT2D eigenvalue weighted by Gasteiger charge is -2.29. The molecule has 0 fully saturated rings. The molecule has 1 aliphatic carbocycles. The van der Waals surface area contributed by atoms with Crippen LogP contribution in [0.15, 0.2) is 203 Å². The first kappa shape index (κ1) is 34.4. The fraction of sp³-hybridized carbons (Fsp3) is 0.0536. The predicted octanol–water partition coefficient (Wildman–Crippen LogP) is 15.7. The Labute approximate surface area is 347 Å². The van der Waals surface area contributed by atoms with Crippen molar-refractivity contribution in [2.75, 3.05) is 4.90 Å². The largest absolute Gasteiger partial charge is 0.455 e. The molecule has 0 spiro atoms. The number of furan rings is 1. The van der Waals surface area contributed by atoms with E-state index in [0.29, 0.717) is 5.89 Å². The van der Waals surface area contributed by atoms with Crippen molar-refractivity contribution in [3.8, 4) is 44.8 Å². The molecule has 0 saturated carbocycles. The van der Waals surface area contributed by atoms with Crippen LogP contribution in [0.25, 0.3) is 88.6 Å². The average Bonchev–Trinajstić information content (AvgIpc) is 3.97. The standard InChI is InChI=1S/C56H38N2O2/c1-56(2)48-20-12-11-17-42(48)43-29-27-41(33-49(43)56)58(40-25-21-36(22-26-40)35-13-5-3-6-14-35)51-34-47-45-28-23-38(31-52(45)59-54(47)46-19-10-9-18-44(46)51)39-24-30-50-53(32-39)60-55(57-50)37-15-7-4-8-16-37/h3-34H,1-2H3. The van der Waals surface area contributed by atoms with Crippen LogP contribution in [-0.2, 0) is 5.41 Å². The fourth-order valence-electron chi connectivity index (χ4n) is 9.44. The first-order valence-corrected chi connectivity index (χ1v) is 20.5. The van der Waals surface area contributed by atoms with Crippen molar-refractivity contribution in [2.45, 2.75) is 19.3 Å². The number of fused-ring (bicyclic) bond motifs is 9. The predicted molar refractivity (Wildman–Crippen MR) is 247 cm³/mol. The Bertz CT molecular complexity index is 3450. The van der Waals surface area contributed by atoms with E-state index >= 15 is 0 Å². The smallest absolute Gasteiger partial charge is 0.227 e. The van der Waals surface area contributed by atoms with E-state index in [1.807, 2.05) is 36.4 Å². The minimum absolute atomic E-state index is 0.141. The second-order valence-corrected chi connectivity index (χ2v) is 16.3. The summed E-state index contributed by atoms with van der Waals surface area (Å²) in [7, 11) is 0. The van der Waals surface area contributed by atoms with Crippen LogP contribution in [0.2, 0.25) is 0 Å². The topological polar surface area (TPSA) is 42.4 Å². The fourth-order valence-corrected chi connectivity index (χ4v) is 9.44. The number of benzene rings is 9. The van der Waals surface area contributed by atoms with Gasteiger partial charge in [-0.2, -0.15) is 0 Å². The molecule has 11 aromatic rings. The normalized spacial score (nSPS) is 13.0. The third-order valence-electron chi connectivity index (χ3n) is 12.5. The van der Waals surface area contributed by atoms with Crippen molar-refractivity contribution in [3.05, 3.63) is 205 Å². The van der Waals surface area contributed by atoms with E-state index in [4.69, 9.17) is 13.8 Å². The molecule has 9 aromatic carbocycles. The van der Waals surface area contributed by atoms with Crippen molar-refractivity contribution in [1.29, 1.82) is 0 Å². The highest BCUT2D eigenvalue weighted by molar-refractivity contribution is 6.20. The summed E-state index contributed by atoms with van der Waals surface area (Å²) in [4.78, 5) is 7.18. The van der Waals surface area contributed by atoms with Crippen LogP contribution in [0.1, 0.15) is 25.0 Å². The minimum Gasteiger partial charge on any atom is -0.455 e. The van der Waals surface area contributed by atoms with Gasteiger partial charge in [-0.15, -0.1) is 0 Å². The van der Waals surface area contributed by atoms with Gasteiger partial charge in [-0.3, -0.25) is 0 Å². The minimum atomic E-state index is -0.141. The molecule has 0 N–H and O–H groups in total. The first-order valence-electron chi connectivity index (χ1n) is 20.5. The van der Waals surface area contributed by atoms with Crippen molar-refractivity contribution in [1.82, 2.24) is 4.98 Å². The van der Waals surface area contributed by atoms with Gasteiger partial charge in [-0.1, -0.05) is 141 Å². The lowest BCUT2D eigenvalue weighted by Crippen LogP contribution is -2.16. The van der Waals surface area contributed by atoms with Crippen LogP contribution < -0.4 is 4.90 Å². The van der Waals surface area contributed by atoms with Gasteiger partial charge in [0.15, 0.2) is 5.58 Å². The van der Waals surface area contributed by atoms with Crippen LogP contribution in [-0.4, -0.2) is 4.98 Å². The summed E-state index contributed by atoms with van der Waals surface area (Å²) in [6.45, 7) is 4.69. The van der Waals surface area contributed by atoms with Gasteiger partial charge in [0, 0.05) is 43.9 Å². The number of rotatable bonds is 6. The van der Waals surface area contributed by atoms with Crippen LogP contribution in [0.4, 0.5) is 17.1 Å². The van der Waals surface area contributed by atoms with Crippen molar-refractivity contribution < 1.29 is 8.83 Å². The van der Waals surface area contributed by atoms with E-state index in [1.54, 1.807) is 0 Å². The maximum absolute atomic E-state index is 6.86. The van der Waals surface area contributed by atoms with Crippen molar-refractivity contribution >= 4 is 60.9 Å². The molecule has 284 valence electrons. The van der Waals surface area contributed by atoms with Crippen molar-refractivity contribution in [3.63, 3.8) is 0 Å². The maximum atomic E-state index is 6.86. The lowest BCUT2D eigenvalue weighted by molar-refractivity contribution is 0.620. The van der Waals surface area contributed by atoms with Gasteiger partial charge in [0.2, 0.25) is 5.89 Å². The highest BCUT2D eigenvalue weighted by atomic mass is 16.3. The SMILES string of the molecule is CC1(C)c2ccccc2-c2ccc(N(c3ccc(-c4ccccc4)cc3)c3cc4c5ccc(-c6ccc7nc(-c8ccccc8)oc7c6)cc5oc4c4ccccc34)cc21. The molecule has 0 saturated heterocycles. The van der Waals surface area contributed by atoms with Gasteiger partial charge in [0.1, 0.15) is 16.7 Å². The molecule has 4 nitrogen and oxygen atoms in total. The van der Waals surface area contributed by atoms with Gasteiger partial charge >= 0.3 is 0 Å². The molecule has 4 heteroatoms. The van der Waals surface area contributed by atoms with E-state index in [9.17, 15) is 0 Å². The molecule has 1 aliphatic rings. The Hall–Kier alpha value is -7.69. The van der Waals surface area contributed by atoms with Crippen molar-refractivity contribution in [2.24, 2.45) is 0 Å². The second kappa shape index (κ2) is 13.2. The van der Waals surface area contributed by atoms with Gasteiger partial charge in [0.25, 0.3) is 0 Å².